The van der Waals surface area contributed by atoms with Crippen LogP contribution < -0.4 is 10.6 Å². The molecular weight excluding hydrogens is 446 g/mol. The van der Waals surface area contributed by atoms with Crippen LogP contribution in [-0.4, -0.2) is 49.8 Å². The SMILES string of the molecule is CCS(=O)(=O)c1cc(NC(=O)COC)c(O)c(NC(=O)c2cc3cc(Cl)ccc3[nH]2)c1. The van der Waals surface area contributed by atoms with Crippen molar-refractivity contribution in [3.05, 3.63) is 47.1 Å². The average molecular weight is 466 g/mol. The summed E-state index contributed by atoms with van der Waals surface area (Å²) in [5, 5.41) is 16.6. The van der Waals surface area contributed by atoms with Gasteiger partial charge in [-0.3, -0.25) is 9.59 Å². The highest BCUT2D eigenvalue weighted by Gasteiger charge is 2.21. The fourth-order valence-electron chi connectivity index (χ4n) is 2.88. The number of halogens is 1. The number of aromatic nitrogens is 1. The first-order valence-corrected chi connectivity index (χ1v) is 11.2. The summed E-state index contributed by atoms with van der Waals surface area (Å²) in [4.78, 5) is 27.4. The van der Waals surface area contributed by atoms with Crippen LogP contribution in [0.5, 0.6) is 5.75 Å². The zero-order chi connectivity index (χ0) is 22.8. The average Bonchev–Trinajstić information content (AvgIpc) is 3.14. The molecule has 2 aromatic carbocycles. The Morgan fingerprint density at radius 2 is 1.81 bits per heavy atom. The number of aromatic amines is 1. The lowest BCUT2D eigenvalue weighted by atomic mass is 10.2. The molecule has 0 aliphatic heterocycles. The molecule has 0 unspecified atom stereocenters. The number of ether oxygens (including phenoxy) is 1. The fourth-order valence-corrected chi connectivity index (χ4v) is 3.99. The molecule has 0 radical (unpaired) electrons. The van der Waals surface area contributed by atoms with Gasteiger partial charge in [0.15, 0.2) is 15.6 Å². The highest BCUT2D eigenvalue weighted by molar-refractivity contribution is 7.91. The second-order valence-electron chi connectivity index (χ2n) is 6.62. The predicted molar refractivity (Wildman–Crippen MR) is 118 cm³/mol. The number of fused-ring (bicyclic) bond motifs is 1. The lowest BCUT2D eigenvalue weighted by molar-refractivity contribution is -0.119. The van der Waals surface area contributed by atoms with Crippen molar-refractivity contribution in [3.8, 4) is 5.75 Å². The number of methoxy groups -OCH3 is 1. The largest absolute Gasteiger partial charge is 0.504 e. The van der Waals surface area contributed by atoms with E-state index in [1.54, 1.807) is 24.3 Å². The number of phenols is 1. The highest BCUT2D eigenvalue weighted by Crippen LogP contribution is 2.36. The van der Waals surface area contributed by atoms with Gasteiger partial charge in [0.05, 0.1) is 22.0 Å². The van der Waals surface area contributed by atoms with Gasteiger partial charge in [-0.2, -0.15) is 0 Å². The van der Waals surface area contributed by atoms with Crippen LogP contribution >= 0.6 is 11.6 Å². The minimum Gasteiger partial charge on any atom is -0.504 e. The third-order valence-corrected chi connectivity index (χ3v) is 6.40. The third kappa shape index (κ3) is 4.98. The molecule has 9 nitrogen and oxygen atoms in total. The minimum atomic E-state index is -3.70. The maximum atomic E-state index is 12.7. The van der Waals surface area contributed by atoms with E-state index in [9.17, 15) is 23.1 Å². The minimum absolute atomic E-state index is 0.167. The Morgan fingerprint density at radius 3 is 2.45 bits per heavy atom. The summed E-state index contributed by atoms with van der Waals surface area (Å²) < 4.78 is 29.5. The van der Waals surface area contributed by atoms with Crippen LogP contribution in [0.3, 0.4) is 0 Å². The number of amides is 2. The Balaban J connectivity index is 2.00. The van der Waals surface area contributed by atoms with Gasteiger partial charge in [0.25, 0.3) is 5.91 Å². The number of carbonyl (C=O) groups excluding carboxylic acids is 2. The number of anilines is 2. The summed E-state index contributed by atoms with van der Waals surface area (Å²) >= 11 is 5.97. The second-order valence-corrected chi connectivity index (χ2v) is 9.34. The van der Waals surface area contributed by atoms with Crippen LogP contribution in [-0.2, 0) is 19.4 Å². The number of hydrogen-bond acceptors (Lipinski definition) is 6. The molecule has 0 saturated heterocycles. The Bertz CT molecular complexity index is 1270. The summed E-state index contributed by atoms with van der Waals surface area (Å²) in [6, 6.07) is 8.90. The maximum absolute atomic E-state index is 12.7. The molecule has 0 saturated carbocycles. The van der Waals surface area contributed by atoms with Crippen molar-refractivity contribution in [2.24, 2.45) is 0 Å². The number of hydrogen-bond donors (Lipinski definition) is 4. The van der Waals surface area contributed by atoms with E-state index in [-0.39, 0.29) is 34.3 Å². The van der Waals surface area contributed by atoms with Crippen LogP contribution in [0.4, 0.5) is 11.4 Å². The predicted octanol–water partition coefficient (Wildman–Crippen LogP) is 3.16. The number of benzene rings is 2. The molecule has 0 bridgehead atoms. The maximum Gasteiger partial charge on any atom is 0.272 e. The van der Waals surface area contributed by atoms with Crippen molar-refractivity contribution in [1.82, 2.24) is 4.98 Å². The molecule has 164 valence electrons. The van der Waals surface area contributed by atoms with Gasteiger partial charge in [0.2, 0.25) is 5.91 Å². The number of rotatable bonds is 7. The van der Waals surface area contributed by atoms with E-state index in [2.05, 4.69) is 15.6 Å². The molecular formula is C20H20ClN3O6S. The quantitative estimate of drug-likeness (QED) is 0.395. The summed E-state index contributed by atoms with van der Waals surface area (Å²) in [6.45, 7) is 1.16. The summed E-state index contributed by atoms with van der Waals surface area (Å²) in [5.74, 6) is -1.93. The molecule has 4 N–H and O–H groups in total. The fraction of sp³-hybridized carbons (Fsp3) is 0.200. The highest BCUT2D eigenvalue weighted by atomic mass is 35.5. The summed E-state index contributed by atoms with van der Waals surface area (Å²) in [5.41, 5.74) is 0.498. The number of phenolic OH excluding ortho intramolecular Hbond substituents is 1. The molecule has 0 aliphatic rings. The topological polar surface area (TPSA) is 138 Å². The van der Waals surface area contributed by atoms with Crippen molar-refractivity contribution < 1.29 is 27.9 Å². The van der Waals surface area contributed by atoms with Crippen molar-refractivity contribution >= 4 is 55.5 Å². The molecule has 0 atom stereocenters. The molecule has 0 fully saturated rings. The van der Waals surface area contributed by atoms with Crippen molar-refractivity contribution in [2.45, 2.75) is 11.8 Å². The van der Waals surface area contributed by atoms with E-state index in [0.717, 1.165) is 12.1 Å². The molecule has 3 aromatic rings. The number of aromatic hydroxyl groups is 1. The first-order chi connectivity index (χ1) is 14.6. The number of sulfone groups is 1. The van der Waals surface area contributed by atoms with Crippen LogP contribution in [0, 0.1) is 0 Å². The Morgan fingerprint density at radius 1 is 1.13 bits per heavy atom. The monoisotopic (exact) mass is 465 g/mol. The van der Waals surface area contributed by atoms with Crippen LogP contribution in [0.2, 0.25) is 5.02 Å². The van der Waals surface area contributed by atoms with Gasteiger partial charge in [-0.25, -0.2) is 8.42 Å². The zero-order valence-corrected chi connectivity index (χ0v) is 18.2. The van der Waals surface area contributed by atoms with Crippen molar-refractivity contribution in [1.29, 1.82) is 0 Å². The first-order valence-electron chi connectivity index (χ1n) is 9.12. The van der Waals surface area contributed by atoms with Gasteiger partial charge in [-0.05, 0) is 36.4 Å². The molecule has 0 spiro atoms. The van der Waals surface area contributed by atoms with E-state index >= 15 is 0 Å². The normalized spacial score (nSPS) is 11.5. The van der Waals surface area contributed by atoms with Crippen LogP contribution in [0.1, 0.15) is 17.4 Å². The molecule has 1 aromatic heterocycles. The molecule has 1 heterocycles. The van der Waals surface area contributed by atoms with E-state index in [1.807, 2.05) is 0 Å². The molecule has 31 heavy (non-hydrogen) atoms. The summed E-state index contributed by atoms with van der Waals surface area (Å²) in [6.07, 6.45) is 0. The van der Waals surface area contributed by atoms with Gasteiger partial charge in [-0.1, -0.05) is 18.5 Å². The molecule has 11 heteroatoms. The molecule has 2 amide bonds. The van der Waals surface area contributed by atoms with Gasteiger partial charge in [-0.15, -0.1) is 0 Å². The lowest BCUT2D eigenvalue weighted by Crippen LogP contribution is -2.19. The number of carbonyl (C=O) groups is 2. The Hall–Kier alpha value is -3.08. The van der Waals surface area contributed by atoms with E-state index in [4.69, 9.17) is 16.3 Å². The zero-order valence-electron chi connectivity index (χ0n) is 16.7. The molecule has 0 aliphatic carbocycles. The van der Waals surface area contributed by atoms with Crippen molar-refractivity contribution in [3.63, 3.8) is 0 Å². The summed E-state index contributed by atoms with van der Waals surface area (Å²) in [7, 11) is -2.39. The van der Waals surface area contributed by atoms with E-state index in [1.165, 1.54) is 14.0 Å². The van der Waals surface area contributed by atoms with Crippen molar-refractivity contribution in [2.75, 3.05) is 30.1 Å². The number of nitrogens with one attached hydrogen (secondary N) is 3. The van der Waals surface area contributed by atoms with Gasteiger partial charge in [0.1, 0.15) is 12.3 Å². The second kappa shape index (κ2) is 8.96. The molecule has 3 rings (SSSR count). The Kier molecular flexibility index (Phi) is 6.54. The van der Waals surface area contributed by atoms with Gasteiger partial charge < -0.3 is 25.5 Å². The first kappa shape index (κ1) is 22.6. The van der Waals surface area contributed by atoms with E-state index < -0.39 is 27.4 Å². The Labute approximate surface area is 183 Å². The third-order valence-electron chi connectivity index (χ3n) is 4.45. The standard InChI is InChI=1S/C20H20ClN3O6S/c1-3-31(28,29)13-8-15(23-18(25)10-30-2)19(26)16(9-13)24-20(27)17-7-11-6-12(21)4-5-14(11)22-17/h4-9,22,26H,3,10H2,1-2H3,(H,23,25)(H,24,27). The van der Waals surface area contributed by atoms with Gasteiger partial charge in [0, 0.05) is 23.0 Å². The van der Waals surface area contributed by atoms with Crippen LogP contribution in [0.25, 0.3) is 10.9 Å². The van der Waals surface area contributed by atoms with Gasteiger partial charge >= 0.3 is 0 Å². The van der Waals surface area contributed by atoms with Crippen LogP contribution in [0.15, 0.2) is 41.3 Å². The van der Waals surface area contributed by atoms with E-state index in [0.29, 0.717) is 15.9 Å². The number of H-pyrrole nitrogens is 1. The lowest BCUT2D eigenvalue weighted by Gasteiger charge is -2.14. The smallest absolute Gasteiger partial charge is 0.272 e.